The Bertz CT molecular complexity index is 723. The number of carboxylic acid groups (broad SMARTS) is 1. The molecule has 0 aliphatic heterocycles. The average molecular weight is 280 g/mol. The largest absolute Gasteiger partial charge is 0.477 e. The minimum absolute atomic E-state index is 0.0302. The Hall–Kier alpha value is -2.70. The van der Waals surface area contributed by atoms with Crippen LogP contribution in [0.1, 0.15) is 26.4 Å². The Labute approximate surface area is 112 Å². The van der Waals surface area contributed by atoms with Crippen molar-refractivity contribution in [3.8, 4) is 0 Å². The Morgan fingerprint density at radius 3 is 2.35 bits per heavy atom. The summed E-state index contributed by atoms with van der Waals surface area (Å²) >= 11 is 0. The maximum absolute atomic E-state index is 13.2. The highest BCUT2D eigenvalue weighted by Crippen LogP contribution is 2.21. The van der Waals surface area contributed by atoms with Gasteiger partial charge in [-0.1, -0.05) is 0 Å². The van der Waals surface area contributed by atoms with E-state index in [-0.39, 0.29) is 22.5 Å². The summed E-state index contributed by atoms with van der Waals surface area (Å²) in [4.78, 5) is 23.0. The third kappa shape index (κ3) is 2.25. The zero-order valence-corrected chi connectivity index (χ0v) is 10.4. The number of aromatic carboxylic acids is 1. The molecule has 0 amide bonds. The molecule has 0 unspecified atom stereocenters. The zero-order valence-electron chi connectivity index (χ0n) is 10.4. The van der Waals surface area contributed by atoms with Crippen molar-refractivity contribution in [1.29, 1.82) is 0 Å². The molecule has 1 aromatic heterocycles. The van der Waals surface area contributed by atoms with Gasteiger partial charge in [-0.2, -0.15) is 0 Å². The minimum Gasteiger partial charge on any atom is -0.477 e. The average Bonchev–Trinajstić information content (AvgIpc) is 2.75. The van der Waals surface area contributed by atoms with E-state index in [1.807, 2.05) is 0 Å². The van der Waals surface area contributed by atoms with Crippen molar-refractivity contribution in [3.63, 3.8) is 0 Å². The van der Waals surface area contributed by atoms with Crippen LogP contribution in [0.5, 0.6) is 0 Å². The van der Waals surface area contributed by atoms with Gasteiger partial charge in [-0.05, 0) is 12.1 Å². The number of hydrogen-bond donors (Lipinski definition) is 2. The van der Waals surface area contributed by atoms with Crippen molar-refractivity contribution in [2.45, 2.75) is 0 Å². The molecule has 0 saturated carbocycles. The molecule has 1 heterocycles. The van der Waals surface area contributed by atoms with Crippen molar-refractivity contribution < 1.29 is 23.5 Å². The van der Waals surface area contributed by atoms with Crippen LogP contribution in [0.15, 0.2) is 24.4 Å². The van der Waals surface area contributed by atoms with Crippen LogP contribution in [0.4, 0.5) is 14.5 Å². The van der Waals surface area contributed by atoms with Crippen molar-refractivity contribution in [2.24, 2.45) is 7.05 Å². The molecular formula is C13H10F2N2O3. The number of benzene rings is 1. The Morgan fingerprint density at radius 2 is 1.80 bits per heavy atom. The number of carboxylic acids is 1. The van der Waals surface area contributed by atoms with Crippen molar-refractivity contribution in [3.05, 3.63) is 52.9 Å². The second-order valence-electron chi connectivity index (χ2n) is 4.21. The highest BCUT2D eigenvalue weighted by molar-refractivity contribution is 6.12. The number of anilines is 1. The second-order valence-corrected chi connectivity index (χ2v) is 4.21. The molecule has 2 aromatic rings. The molecule has 0 fully saturated rings. The molecular weight excluding hydrogens is 270 g/mol. The third-order valence-corrected chi connectivity index (χ3v) is 2.82. The van der Waals surface area contributed by atoms with Gasteiger partial charge in [0.1, 0.15) is 5.69 Å². The second kappa shape index (κ2) is 4.76. The van der Waals surface area contributed by atoms with Crippen LogP contribution in [-0.2, 0) is 7.05 Å². The summed E-state index contributed by atoms with van der Waals surface area (Å²) in [6.07, 6.45) is 1.28. The molecule has 7 heteroatoms. The van der Waals surface area contributed by atoms with E-state index in [0.717, 1.165) is 6.07 Å². The van der Waals surface area contributed by atoms with E-state index in [1.165, 1.54) is 17.8 Å². The van der Waals surface area contributed by atoms with Gasteiger partial charge in [0.2, 0.25) is 0 Å². The van der Waals surface area contributed by atoms with E-state index in [4.69, 9.17) is 10.8 Å². The van der Waals surface area contributed by atoms with Gasteiger partial charge in [0.25, 0.3) is 0 Å². The van der Waals surface area contributed by atoms with Gasteiger partial charge < -0.3 is 15.4 Å². The van der Waals surface area contributed by atoms with Gasteiger partial charge >= 0.3 is 5.97 Å². The van der Waals surface area contributed by atoms with Gasteiger partial charge in [-0.15, -0.1) is 0 Å². The minimum atomic E-state index is -1.20. The van der Waals surface area contributed by atoms with Crippen LogP contribution in [0, 0.1) is 11.6 Å². The lowest BCUT2D eigenvalue weighted by atomic mass is 10.0. The van der Waals surface area contributed by atoms with Gasteiger partial charge in [0.15, 0.2) is 17.4 Å². The summed E-state index contributed by atoms with van der Waals surface area (Å²) in [5, 5.41) is 8.90. The first-order valence-corrected chi connectivity index (χ1v) is 5.50. The fourth-order valence-corrected chi connectivity index (χ4v) is 1.82. The monoisotopic (exact) mass is 280 g/mol. The molecule has 3 N–H and O–H groups in total. The Kier molecular flexibility index (Phi) is 3.27. The molecule has 0 bridgehead atoms. The molecule has 5 nitrogen and oxygen atoms in total. The number of ketones is 1. The van der Waals surface area contributed by atoms with E-state index in [1.54, 1.807) is 0 Å². The highest BCUT2D eigenvalue weighted by Gasteiger charge is 2.19. The first-order valence-electron chi connectivity index (χ1n) is 5.50. The number of hydrogen-bond acceptors (Lipinski definition) is 3. The van der Waals surface area contributed by atoms with E-state index >= 15 is 0 Å². The molecule has 0 aliphatic rings. The molecule has 20 heavy (non-hydrogen) atoms. The van der Waals surface area contributed by atoms with Crippen molar-refractivity contribution in [1.82, 2.24) is 4.57 Å². The molecule has 0 aliphatic carbocycles. The summed E-state index contributed by atoms with van der Waals surface area (Å²) in [5.74, 6) is -4.23. The normalized spacial score (nSPS) is 10.6. The van der Waals surface area contributed by atoms with E-state index in [0.29, 0.717) is 12.1 Å². The van der Waals surface area contributed by atoms with Gasteiger partial charge in [-0.3, -0.25) is 4.79 Å². The lowest BCUT2D eigenvalue weighted by molar-refractivity contribution is 0.0686. The number of carbonyl (C=O) groups is 2. The standard InChI is InChI=1S/C13H10F2N2O3/c1-17-5-6(2-11(17)13(19)20)12(18)7-3-8(14)9(15)4-10(7)16/h2-5H,16H2,1H3,(H,19,20). The van der Waals surface area contributed by atoms with Gasteiger partial charge in [0, 0.05) is 36.1 Å². The number of rotatable bonds is 3. The summed E-state index contributed by atoms with van der Waals surface area (Å²) < 4.78 is 27.4. The molecule has 0 radical (unpaired) electrons. The van der Waals surface area contributed by atoms with E-state index in [9.17, 15) is 18.4 Å². The van der Waals surface area contributed by atoms with Crippen LogP contribution >= 0.6 is 0 Å². The van der Waals surface area contributed by atoms with Crippen LogP contribution in [0.25, 0.3) is 0 Å². The quantitative estimate of drug-likeness (QED) is 0.663. The Morgan fingerprint density at radius 1 is 1.20 bits per heavy atom. The highest BCUT2D eigenvalue weighted by atomic mass is 19.2. The molecule has 0 spiro atoms. The topological polar surface area (TPSA) is 85.3 Å². The molecule has 0 saturated heterocycles. The lowest BCUT2D eigenvalue weighted by Gasteiger charge is -2.04. The summed E-state index contributed by atoms with van der Waals surface area (Å²) in [6, 6.07) is 2.55. The number of halogens is 2. The number of nitrogens with two attached hydrogens (primary N) is 1. The molecule has 2 rings (SSSR count). The lowest BCUT2D eigenvalue weighted by Crippen LogP contribution is -2.06. The number of nitrogens with zero attached hydrogens (tertiary/aromatic N) is 1. The summed E-state index contributed by atoms with van der Waals surface area (Å²) in [6.45, 7) is 0. The first kappa shape index (κ1) is 13.7. The van der Waals surface area contributed by atoms with Gasteiger partial charge in [0.05, 0.1) is 0 Å². The number of carbonyl (C=O) groups excluding carboxylic acids is 1. The summed E-state index contributed by atoms with van der Waals surface area (Å²) in [7, 11) is 1.45. The fourth-order valence-electron chi connectivity index (χ4n) is 1.82. The molecule has 0 atom stereocenters. The van der Waals surface area contributed by atoms with Gasteiger partial charge in [-0.25, -0.2) is 13.6 Å². The van der Waals surface area contributed by atoms with Crippen LogP contribution in [-0.4, -0.2) is 21.4 Å². The van der Waals surface area contributed by atoms with Crippen LogP contribution in [0.3, 0.4) is 0 Å². The SMILES string of the molecule is Cn1cc(C(=O)c2cc(F)c(F)cc2N)cc1C(=O)O. The first-order chi connectivity index (χ1) is 9.31. The van der Waals surface area contributed by atoms with E-state index < -0.39 is 23.4 Å². The summed E-state index contributed by atoms with van der Waals surface area (Å²) in [5.41, 5.74) is 4.98. The maximum atomic E-state index is 13.2. The zero-order chi connectivity index (χ0) is 15.0. The predicted molar refractivity (Wildman–Crippen MR) is 66.6 cm³/mol. The molecule has 1 aromatic carbocycles. The predicted octanol–water partition coefficient (Wildman–Crippen LogP) is 1.81. The number of nitrogen functional groups attached to an aromatic ring is 1. The van der Waals surface area contributed by atoms with E-state index in [2.05, 4.69) is 0 Å². The van der Waals surface area contributed by atoms with Crippen molar-refractivity contribution in [2.75, 3.05) is 5.73 Å². The Balaban J connectivity index is 2.49. The number of aryl methyl sites for hydroxylation is 1. The van der Waals surface area contributed by atoms with Crippen LogP contribution in [0.2, 0.25) is 0 Å². The number of aromatic nitrogens is 1. The smallest absolute Gasteiger partial charge is 0.352 e. The molecule has 104 valence electrons. The maximum Gasteiger partial charge on any atom is 0.352 e. The fraction of sp³-hybridized carbons (Fsp3) is 0.0769. The third-order valence-electron chi connectivity index (χ3n) is 2.82. The van der Waals surface area contributed by atoms with Crippen LogP contribution < -0.4 is 5.73 Å². The van der Waals surface area contributed by atoms with Crippen molar-refractivity contribution >= 4 is 17.4 Å².